The van der Waals surface area contributed by atoms with E-state index in [-0.39, 0.29) is 5.91 Å². The number of carbonyl (C=O) groups is 1. The Hall–Kier alpha value is -3.23. The van der Waals surface area contributed by atoms with Crippen molar-refractivity contribution < 1.29 is 4.79 Å². The van der Waals surface area contributed by atoms with E-state index in [0.717, 1.165) is 79.3 Å². The van der Waals surface area contributed by atoms with Crippen molar-refractivity contribution in [1.82, 2.24) is 25.2 Å². The van der Waals surface area contributed by atoms with Crippen LogP contribution < -0.4 is 10.2 Å². The van der Waals surface area contributed by atoms with Crippen molar-refractivity contribution in [3.63, 3.8) is 0 Å². The summed E-state index contributed by atoms with van der Waals surface area (Å²) in [4.78, 5) is 30.1. The monoisotopic (exact) mass is 488 g/mol. The normalized spacial score (nSPS) is 14.5. The Morgan fingerprint density at radius 3 is 2.63 bits per heavy atom. The number of aromatic amines is 1. The average molecular weight is 489 g/mol. The molecule has 1 aliphatic heterocycles. The number of amides is 1. The lowest BCUT2D eigenvalue weighted by atomic mass is 10.1. The smallest absolute Gasteiger partial charge is 0.271 e. The minimum Gasteiger partial charge on any atom is -0.369 e. The molecule has 0 saturated carbocycles. The van der Waals surface area contributed by atoms with Crippen molar-refractivity contribution in [3.8, 4) is 0 Å². The molecule has 0 bridgehead atoms. The Morgan fingerprint density at radius 1 is 1.00 bits per heavy atom. The van der Waals surface area contributed by atoms with Gasteiger partial charge >= 0.3 is 0 Å². The van der Waals surface area contributed by atoms with Gasteiger partial charge in [0.25, 0.3) is 5.91 Å². The molecule has 8 heteroatoms. The molecule has 2 aromatic heterocycles. The zero-order chi connectivity index (χ0) is 24.0. The Labute approximate surface area is 210 Å². The number of piperazine rings is 1. The molecule has 0 atom stereocenters. The van der Waals surface area contributed by atoms with Crippen molar-refractivity contribution in [2.75, 3.05) is 38.1 Å². The van der Waals surface area contributed by atoms with Crippen molar-refractivity contribution in [2.24, 2.45) is 0 Å². The van der Waals surface area contributed by atoms with Crippen LogP contribution in [0.2, 0.25) is 0 Å². The zero-order valence-electron chi connectivity index (χ0n) is 20.2. The molecule has 1 amide bonds. The maximum absolute atomic E-state index is 12.8. The van der Waals surface area contributed by atoms with Crippen LogP contribution in [-0.4, -0.2) is 59.0 Å². The molecule has 3 heterocycles. The third-order valence-electron chi connectivity index (χ3n) is 6.55. The first kappa shape index (κ1) is 23.5. The van der Waals surface area contributed by atoms with Gasteiger partial charge in [0, 0.05) is 50.2 Å². The van der Waals surface area contributed by atoms with Crippen LogP contribution in [-0.2, 0) is 19.4 Å². The maximum Gasteiger partial charge on any atom is 0.271 e. The number of nitrogens with one attached hydrogen (secondary N) is 2. The molecular formula is C27H32N6OS. The number of imidazole rings is 1. The van der Waals surface area contributed by atoms with E-state index in [2.05, 4.69) is 61.4 Å². The number of nitrogens with zero attached hydrogens (tertiary/aromatic N) is 4. The molecule has 0 spiro atoms. The Balaban J connectivity index is 1.10. The summed E-state index contributed by atoms with van der Waals surface area (Å²) in [7, 11) is 2.16. The van der Waals surface area contributed by atoms with Gasteiger partial charge in [-0.2, -0.15) is 0 Å². The quantitative estimate of drug-likeness (QED) is 0.344. The van der Waals surface area contributed by atoms with Crippen molar-refractivity contribution in [3.05, 3.63) is 76.0 Å². The van der Waals surface area contributed by atoms with E-state index in [1.165, 1.54) is 5.69 Å². The van der Waals surface area contributed by atoms with E-state index < -0.39 is 0 Å². The predicted octanol–water partition coefficient (Wildman–Crippen LogP) is 4.27. The van der Waals surface area contributed by atoms with Gasteiger partial charge in [0.05, 0.1) is 16.0 Å². The van der Waals surface area contributed by atoms with Crippen LogP contribution in [0.1, 0.15) is 39.7 Å². The first-order valence-corrected chi connectivity index (χ1v) is 13.2. The molecule has 7 nitrogen and oxygen atoms in total. The van der Waals surface area contributed by atoms with E-state index in [0.29, 0.717) is 12.2 Å². The summed E-state index contributed by atoms with van der Waals surface area (Å²) >= 11 is 1.57. The van der Waals surface area contributed by atoms with Crippen LogP contribution in [0, 0.1) is 0 Å². The highest BCUT2D eigenvalue weighted by atomic mass is 32.1. The van der Waals surface area contributed by atoms with E-state index in [1.54, 1.807) is 11.3 Å². The van der Waals surface area contributed by atoms with Crippen LogP contribution in [0.25, 0.3) is 11.0 Å². The Bertz CT molecular complexity index is 1240. The second kappa shape index (κ2) is 11.0. The minimum atomic E-state index is -0.108. The molecule has 5 rings (SSSR count). The second-order valence-corrected chi connectivity index (χ2v) is 10.1. The van der Waals surface area contributed by atoms with Gasteiger partial charge in [-0.3, -0.25) is 4.79 Å². The van der Waals surface area contributed by atoms with Crippen molar-refractivity contribution in [1.29, 1.82) is 0 Å². The highest BCUT2D eigenvalue weighted by molar-refractivity contribution is 7.09. The molecule has 0 aliphatic carbocycles. The zero-order valence-corrected chi connectivity index (χ0v) is 21.0. The molecule has 0 unspecified atom stereocenters. The number of hydrogen-bond acceptors (Lipinski definition) is 6. The molecule has 1 fully saturated rings. The third-order valence-corrected chi connectivity index (χ3v) is 7.46. The summed E-state index contributed by atoms with van der Waals surface area (Å²) in [6.07, 6.45) is 3.85. The standard InChI is InChI=1S/C27H32N6OS/c1-32-14-16-33(17-15-32)24-11-5-2-8-20(24)18-28-27(34)23-19-35-26(31-23)13-7-6-12-25-29-21-9-3-4-10-22(21)30-25/h2-5,8-11,19H,6-7,12-18H2,1H3,(H,28,34)(H,29,30). The molecule has 0 radical (unpaired) electrons. The highest BCUT2D eigenvalue weighted by Gasteiger charge is 2.17. The van der Waals surface area contributed by atoms with Gasteiger partial charge in [0.1, 0.15) is 11.5 Å². The van der Waals surface area contributed by atoms with Crippen LogP contribution in [0.5, 0.6) is 0 Å². The molecule has 2 N–H and O–H groups in total. The number of thiazole rings is 1. The van der Waals surface area contributed by atoms with Gasteiger partial charge in [-0.15, -0.1) is 11.3 Å². The SMILES string of the molecule is CN1CCN(c2ccccc2CNC(=O)c2csc(CCCCc3nc4ccccc4[nH]3)n2)CC1. The fourth-order valence-corrected chi connectivity index (χ4v) is 5.33. The average Bonchev–Trinajstić information content (AvgIpc) is 3.53. The molecular weight excluding hydrogens is 456 g/mol. The summed E-state index contributed by atoms with van der Waals surface area (Å²) in [6, 6.07) is 16.5. The molecule has 35 heavy (non-hydrogen) atoms. The lowest BCUT2D eigenvalue weighted by molar-refractivity contribution is 0.0946. The van der Waals surface area contributed by atoms with E-state index in [1.807, 2.05) is 29.6 Å². The number of aryl methyl sites for hydroxylation is 2. The number of likely N-dealkylation sites (N-methyl/N-ethyl adjacent to an activating group) is 1. The number of benzene rings is 2. The van der Waals surface area contributed by atoms with Gasteiger partial charge in [0.15, 0.2) is 0 Å². The van der Waals surface area contributed by atoms with Crippen LogP contribution >= 0.6 is 11.3 Å². The third kappa shape index (κ3) is 5.89. The van der Waals surface area contributed by atoms with Gasteiger partial charge in [-0.1, -0.05) is 30.3 Å². The van der Waals surface area contributed by atoms with Gasteiger partial charge in [-0.25, -0.2) is 9.97 Å². The number of unbranched alkanes of at least 4 members (excludes halogenated alkanes) is 1. The highest BCUT2D eigenvalue weighted by Crippen LogP contribution is 2.22. The first-order valence-electron chi connectivity index (χ1n) is 12.3. The predicted molar refractivity (Wildman–Crippen MR) is 142 cm³/mol. The number of hydrogen-bond donors (Lipinski definition) is 2. The number of fused-ring (bicyclic) bond motifs is 1. The number of anilines is 1. The second-order valence-electron chi connectivity index (χ2n) is 9.14. The summed E-state index contributed by atoms with van der Waals surface area (Å²) < 4.78 is 0. The number of rotatable bonds is 9. The number of para-hydroxylation sites is 3. The summed E-state index contributed by atoms with van der Waals surface area (Å²) in [5, 5.41) is 5.96. The lowest BCUT2D eigenvalue weighted by Gasteiger charge is -2.35. The van der Waals surface area contributed by atoms with E-state index in [4.69, 9.17) is 0 Å². The van der Waals surface area contributed by atoms with Crippen LogP contribution in [0.15, 0.2) is 53.9 Å². The van der Waals surface area contributed by atoms with Gasteiger partial charge < -0.3 is 20.1 Å². The number of H-pyrrole nitrogens is 1. The topological polar surface area (TPSA) is 77.1 Å². The molecule has 2 aromatic carbocycles. The Kier molecular flexibility index (Phi) is 7.39. The van der Waals surface area contributed by atoms with E-state index >= 15 is 0 Å². The first-order chi connectivity index (χ1) is 17.2. The molecule has 4 aromatic rings. The van der Waals surface area contributed by atoms with Crippen molar-refractivity contribution >= 4 is 34.0 Å². The lowest BCUT2D eigenvalue weighted by Crippen LogP contribution is -2.45. The summed E-state index contributed by atoms with van der Waals surface area (Å²) in [5.74, 6) is 0.921. The fraction of sp³-hybridized carbons (Fsp3) is 0.370. The van der Waals surface area contributed by atoms with Crippen LogP contribution in [0.4, 0.5) is 5.69 Å². The number of aromatic nitrogens is 3. The summed E-state index contributed by atoms with van der Waals surface area (Å²) in [5.41, 5.74) is 4.98. The van der Waals surface area contributed by atoms with Gasteiger partial charge in [-0.05, 0) is 50.1 Å². The molecule has 1 aliphatic rings. The molecule has 1 saturated heterocycles. The van der Waals surface area contributed by atoms with Gasteiger partial charge in [0.2, 0.25) is 0 Å². The largest absolute Gasteiger partial charge is 0.369 e. The minimum absolute atomic E-state index is 0.108. The maximum atomic E-state index is 12.8. The fourth-order valence-electron chi connectivity index (χ4n) is 4.50. The van der Waals surface area contributed by atoms with E-state index in [9.17, 15) is 4.79 Å². The van der Waals surface area contributed by atoms with Crippen molar-refractivity contribution in [2.45, 2.75) is 32.2 Å². The Morgan fingerprint density at radius 2 is 1.77 bits per heavy atom. The molecule has 182 valence electrons. The summed E-state index contributed by atoms with van der Waals surface area (Å²) in [6.45, 7) is 4.63. The number of carbonyl (C=O) groups excluding carboxylic acids is 1. The van der Waals surface area contributed by atoms with Crippen LogP contribution in [0.3, 0.4) is 0 Å².